The van der Waals surface area contributed by atoms with Crippen LogP contribution in [-0.2, 0) is 0 Å². The van der Waals surface area contributed by atoms with Crippen molar-refractivity contribution in [1.29, 1.82) is 0 Å². The zero-order valence-electron chi connectivity index (χ0n) is 5.83. The molecule has 0 bridgehead atoms. The lowest BCUT2D eigenvalue weighted by molar-refractivity contribution is 1.21. The van der Waals surface area contributed by atoms with Gasteiger partial charge in [0.05, 0.1) is 0 Å². The van der Waals surface area contributed by atoms with Gasteiger partial charge in [0.1, 0.15) is 0 Å². The first-order valence-corrected chi connectivity index (χ1v) is 2.55. The summed E-state index contributed by atoms with van der Waals surface area (Å²) < 4.78 is 0. The summed E-state index contributed by atoms with van der Waals surface area (Å²) >= 11 is 0. The van der Waals surface area contributed by atoms with E-state index in [1.807, 2.05) is 26.0 Å². The second kappa shape index (κ2) is 9.94. The number of nitrogens with two attached hydrogens (primary N) is 3. The first kappa shape index (κ1) is 10.7. The van der Waals surface area contributed by atoms with Crippen LogP contribution in [-0.4, -0.2) is 5.96 Å². The summed E-state index contributed by atoms with van der Waals surface area (Å²) in [6.45, 7) is 4.00. The number of rotatable bonds is 0. The van der Waals surface area contributed by atoms with Crippen LogP contribution in [0.2, 0.25) is 0 Å². The number of hydrogen-bond acceptors (Lipinski definition) is 2. The summed E-state index contributed by atoms with van der Waals surface area (Å²) in [6.07, 6.45) is 4.00. The van der Waals surface area contributed by atoms with Gasteiger partial charge >= 0.3 is 0 Å². The molecule has 54 valence electrons. The molecule has 0 saturated heterocycles. The van der Waals surface area contributed by atoms with Crippen LogP contribution in [0.25, 0.3) is 0 Å². The molecule has 9 heavy (non-hydrogen) atoms. The Kier molecular flexibility index (Phi) is 11.8. The maximum absolute atomic E-state index is 4.69. The van der Waals surface area contributed by atoms with Crippen LogP contribution < -0.4 is 17.3 Å². The van der Waals surface area contributed by atoms with Gasteiger partial charge in [0.2, 0.25) is 5.96 Å². The molecule has 0 rings (SSSR count). The van der Waals surface area contributed by atoms with Crippen molar-refractivity contribution in [3.63, 3.8) is 0 Å². The fourth-order valence-electron chi connectivity index (χ4n) is 0. The van der Waals surface area contributed by atoms with Gasteiger partial charge in [-0.25, -0.2) is 0 Å². The Balaban J connectivity index is 0. The second-order valence-electron chi connectivity index (χ2n) is 1.22. The van der Waals surface area contributed by atoms with Crippen LogP contribution in [0.5, 0.6) is 0 Å². The minimum Gasteiger partial charge on any atom is -0.369 e. The molecule has 0 aromatic heterocycles. The minimum absolute atomic E-state index is 0.0926. The lowest BCUT2D eigenvalue weighted by Crippen LogP contribution is -2.23. The number of hydrazone groups is 1. The van der Waals surface area contributed by atoms with Gasteiger partial charge in [0.25, 0.3) is 0 Å². The van der Waals surface area contributed by atoms with Gasteiger partial charge in [-0.05, 0) is 13.8 Å². The molecule has 0 atom stereocenters. The Bertz CT molecular complexity index is 87.1. The normalized spacial score (nSPS) is 7.78. The first-order chi connectivity index (χ1) is 4.18. The molecule has 0 aliphatic carbocycles. The van der Waals surface area contributed by atoms with E-state index >= 15 is 0 Å². The van der Waals surface area contributed by atoms with Crippen LogP contribution in [0.1, 0.15) is 13.8 Å². The van der Waals surface area contributed by atoms with Crippen molar-refractivity contribution in [2.75, 3.05) is 0 Å². The molecule has 0 heterocycles. The van der Waals surface area contributed by atoms with E-state index in [0.29, 0.717) is 0 Å². The van der Waals surface area contributed by atoms with Gasteiger partial charge in [-0.3, -0.25) is 0 Å². The molecular weight excluding hydrogens is 116 g/mol. The molecule has 0 aromatic carbocycles. The Hall–Kier alpha value is -1.19. The Labute approximate surface area is 55.4 Å². The van der Waals surface area contributed by atoms with Gasteiger partial charge in [0, 0.05) is 0 Å². The minimum atomic E-state index is -0.0926. The van der Waals surface area contributed by atoms with Crippen molar-refractivity contribution in [2.45, 2.75) is 13.8 Å². The van der Waals surface area contributed by atoms with E-state index in [2.05, 4.69) is 10.9 Å². The van der Waals surface area contributed by atoms with E-state index in [-0.39, 0.29) is 5.96 Å². The predicted molar refractivity (Wildman–Crippen MR) is 40.5 cm³/mol. The summed E-state index contributed by atoms with van der Waals surface area (Å²) in [5, 5.41) is 2.86. The Morgan fingerprint density at radius 3 is 1.44 bits per heavy atom. The molecule has 0 spiro atoms. The van der Waals surface area contributed by atoms with Crippen LogP contribution in [0.15, 0.2) is 17.3 Å². The molecule has 6 N–H and O–H groups in total. The lowest BCUT2D eigenvalue weighted by Gasteiger charge is -1.76. The summed E-state index contributed by atoms with van der Waals surface area (Å²) in [7, 11) is 0. The van der Waals surface area contributed by atoms with Crippen LogP contribution >= 0.6 is 0 Å². The van der Waals surface area contributed by atoms with Crippen molar-refractivity contribution in [1.82, 2.24) is 0 Å². The van der Waals surface area contributed by atoms with E-state index < -0.39 is 0 Å². The molecule has 0 aromatic rings. The predicted octanol–water partition coefficient (Wildman–Crippen LogP) is -0.284. The zero-order valence-corrected chi connectivity index (χ0v) is 5.83. The first-order valence-electron chi connectivity index (χ1n) is 2.55. The van der Waals surface area contributed by atoms with Gasteiger partial charge in [-0.2, -0.15) is 0 Å². The molecule has 0 aliphatic heterocycles. The number of nitrogens with zero attached hydrogens (tertiary/aromatic N) is 1. The van der Waals surface area contributed by atoms with E-state index in [0.717, 1.165) is 0 Å². The fraction of sp³-hybridized carbons (Fsp3) is 0.400. The van der Waals surface area contributed by atoms with Crippen molar-refractivity contribution < 1.29 is 0 Å². The topological polar surface area (TPSA) is 90.4 Å². The smallest absolute Gasteiger partial charge is 0.208 e. The average Bonchev–Trinajstić information content (AvgIpc) is 1.89. The summed E-state index contributed by atoms with van der Waals surface area (Å²) in [6, 6.07) is 0. The standard InChI is InChI=1S/C4H8.CH6N4/c1-3-4-2;2-1(3)5-4/h3-4H,1-2H3;4H2,(H4,2,3,5). The molecule has 4 nitrogen and oxygen atoms in total. The summed E-state index contributed by atoms with van der Waals surface area (Å²) in [5.74, 6) is 4.42. The van der Waals surface area contributed by atoms with Gasteiger partial charge in [0.15, 0.2) is 0 Å². The zero-order chi connectivity index (χ0) is 7.70. The van der Waals surface area contributed by atoms with Crippen molar-refractivity contribution in [3.8, 4) is 0 Å². The van der Waals surface area contributed by atoms with Crippen molar-refractivity contribution in [2.24, 2.45) is 22.4 Å². The van der Waals surface area contributed by atoms with Crippen molar-refractivity contribution >= 4 is 5.96 Å². The largest absolute Gasteiger partial charge is 0.369 e. The third-order valence-corrected chi connectivity index (χ3v) is 0.482. The van der Waals surface area contributed by atoms with E-state index in [4.69, 9.17) is 11.5 Å². The van der Waals surface area contributed by atoms with Crippen LogP contribution in [0.4, 0.5) is 0 Å². The quantitative estimate of drug-likeness (QED) is 0.138. The highest BCUT2D eigenvalue weighted by molar-refractivity contribution is 5.75. The maximum Gasteiger partial charge on any atom is 0.208 e. The number of allylic oxidation sites excluding steroid dienone is 2. The van der Waals surface area contributed by atoms with E-state index in [1.165, 1.54) is 0 Å². The van der Waals surface area contributed by atoms with Gasteiger partial charge in [-0.15, -0.1) is 5.10 Å². The molecular formula is C5H14N4. The highest BCUT2D eigenvalue weighted by atomic mass is 15.2. The monoisotopic (exact) mass is 130 g/mol. The summed E-state index contributed by atoms with van der Waals surface area (Å²) in [4.78, 5) is 0. The third kappa shape index (κ3) is 48.1. The Morgan fingerprint density at radius 2 is 1.44 bits per heavy atom. The molecule has 4 heteroatoms. The SMILES string of the molecule is CC=CC.NN=C(N)N. The second-order valence-corrected chi connectivity index (χ2v) is 1.22. The number of guanidine groups is 1. The maximum atomic E-state index is 4.69. The van der Waals surface area contributed by atoms with E-state index in [1.54, 1.807) is 0 Å². The average molecular weight is 130 g/mol. The van der Waals surface area contributed by atoms with Gasteiger partial charge < -0.3 is 17.3 Å². The molecule has 0 radical (unpaired) electrons. The Morgan fingerprint density at radius 1 is 1.22 bits per heavy atom. The fourth-order valence-corrected chi connectivity index (χ4v) is 0. The number of hydrogen-bond donors (Lipinski definition) is 3. The lowest BCUT2D eigenvalue weighted by atomic mass is 10.6. The highest BCUT2D eigenvalue weighted by Gasteiger charge is 1.62. The van der Waals surface area contributed by atoms with Crippen molar-refractivity contribution in [3.05, 3.63) is 12.2 Å². The third-order valence-electron chi connectivity index (χ3n) is 0.482. The highest BCUT2D eigenvalue weighted by Crippen LogP contribution is 1.57. The molecule has 0 saturated carbocycles. The van der Waals surface area contributed by atoms with Crippen LogP contribution in [0.3, 0.4) is 0 Å². The molecule has 0 unspecified atom stereocenters. The van der Waals surface area contributed by atoms with Crippen LogP contribution in [0, 0.1) is 0 Å². The van der Waals surface area contributed by atoms with E-state index in [9.17, 15) is 0 Å². The molecule has 0 amide bonds. The molecule has 0 aliphatic rings. The summed E-state index contributed by atoms with van der Waals surface area (Å²) in [5.41, 5.74) is 9.39. The molecule has 0 fully saturated rings. The van der Waals surface area contributed by atoms with Gasteiger partial charge in [-0.1, -0.05) is 12.2 Å².